The summed E-state index contributed by atoms with van der Waals surface area (Å²) in [7, 11) is 0. The molecule has 19 heavy (non-hydrogen) atoms. The van der Waals surface area contributed by atoms with Gasteiger partial charge in [0.1, 0.15) is 5.75 Å². The molecule has 102 valence electrons. The van der Waals surface area contributed by atoms with Crippen LogP contribution in [0.5, 0.6) is 5.75 Å². The number of nitrogens with one attached hydrogen (secondary N) is 1. The van der Waals surface area contributed by atoms with E-state index in [2.05, 4.69) is 36.5 Å². The van der Waals surface area contributed by atoms with Gasteiger partial charge in [-0.05, 0) is 42.9 Å². The lowest BCUT2D eigenvalue weighted by Gasteiger charge is -2.07. The lowest BCUT2D eigenvalue weighted by molar-refractivity contribution is 0.300. The van der Waals surface area contributed by atoms with Gasteiger partial charge in [-0.25, -0.2) is 0 Å². The number of unbranched alkanes of at least 4 members (excludes halogenated alkanes) is 2. The average Bonchev–Trinajstić information content (AvgIpc) is 3.18. The van der Waals surface area contributed by atoms with Gasteiger partial charge in [0.25, 0.3) is 0 Å². The Balaban J connectivity index is 1.66. The van der Waals surface area contributed by atoms with Crippen molar-refractivity contribution in [1.82, 2.24) is 0 Å². The number of fused-ring (bicyclic) bond motifs is 1. The summed E-state index contributed by atoms with van der Waals surface area (Å²) in [5.74, 6) is 1.82. The van der Waals surface area contributed by atoms with Gasteiger partial charge < -0.3 is 10.1 Å². The number of ether oxygens (including phenoxy) is 1. The van der Waals surface area contributed by atoms with Gasteiger partial charge in [-0.3, -0.25) is 0 Å². The fourth-order valence-electron chi connectivity index (χ4n) is 2.49. The largest absolute Gasteiger partial charge is 0.493 e. The molecule has 0 aromatic heterocycles. The Morgan fingerprint density at radius 1 is 1.37 bits per heavy atom. The van der Waals surface area contributed by atoms with Crippen LogP contribution in [0.1, 0.15) is 44.6 Å². The highest BCUT2D eigenvalue weighted by Crippen LogP contribution is 2.35. The number of hydrogen-bond donors (Lipinski definition) is 1. The number of hydrogen-bond acceptors (Lipinski definition) is 2. The molecule has 1 N–H and O–H groups in total. The fourth-order valence-corrected chi connectivity index (χ4v) is 2.49. The van der Waals surface area contributed by atoms with Gasteiger partial charge in [-0.1, -0.05) is 25.8 Å². The smallest absolute Gasteiger partial charge is 0.121 e. The van der Waals surface area contributed by atoms with E-state index >= 15 is 0 Å². The number of benzene rings is 1. The van der Waals surface area contributed by atoms with Gasteiger partial charge in [-0.2, -0.15) is 0 Å². The van der Waals surface area contributed by atoms with Crippen molar-refractivity contribution in [3.63, 3.8) is 0 Å². The summed E-state index contributed by atoms with van der Waals surface area (Å²) in [5.41, 5.74) is 4.03. The molecule has 2 heteroatoms. The van der Waals surface area contributed by atoms with E-state index in [1.807, 2.05) is 0 Å². The fraction of sp³-hybridized carbons (Fsp3) is 0.529. The Hall–Kier alpha value is -1.44. The van der Waals surface area contributed by atoms with Crippen LogP contribution in [-0.4, -0.2) is 13.2 Å². The summed E-state index contributed by atoms with van der Waals surface area (Å²) in [5, 5.41) is 3.47. The molecule has 1 saturated carbocycles. The minimum atomic E-state index is 0.811. The van der Waals surface area contributed by atoms with E-state index in [-0.39, 0.29) is 0 Å². The van der Waals surface area contributed by atoms with Crippen molar-refractivity contribution in [1.29, 1.82) is 0 Å². The Morgan fingerprint density at radius 3 is 3.05 bits per heavy atom. The van der Waals surface area contributed by atoms with Crippen LogP contribution < -0.4 is 10.1 Å². The minimum absolute atomic E-state index is 0.811. The summed E-state index contributed by atoms with van der Waals surface area (Å²) >= 11 is 0. The third kappa shape index (κ3) is 3.12. The van der Waals surface area contributed by atoms with E-state index in [0.29, 0.717) is 0 Å². The van der Waals surface area contributed by atoms with Crippen molar-refractivity contribution in [2.75, 3.05) is 18.5 Å². The average molecular weight is 257 g/mol. The topological polar surface area (TPSA) is 21.3 Å². The zero-order valence-corrected chi connectivity index (χ0v) is 11.7. The van der Waals surface area contributed by atoms with Crippen LogP contribution >= 0.6 is 0 Å². The Morgan fingerprint density at radius 2 is 2.26 bits per heavy atom. The van der Waals surface area contributed by atoms with Crippen LogP contribution in [-0.2, 0) is 0 Å². The number of rotatable bonds is 6. The standard InChI is InChI=1S/C17H23NO/c1-2-3-4-5-14-11-18-17-10-15(8-9-16(14)17)19-12-13-6-7-13/h5,8-10,13,18H,2-4,6-7,11-12H2,1H3/b14-5+. The summed E-state index contributed by atoms with van der Waals surface area (Å²) in [6.45, 7) is 4.09. The monoisotopic (exact) mass is 257 g/mol. The first kappa shape index (κ1) is 12.6. The van der Waals surface area contributed by atoms with Crippen molar-refractivity contribution in [3.8, 4) is 5.75 Å². The van der Waals surface area contributed by atoms with Crippen molar-refractivity contribution < 1.29 is 4.74 Å². The first-order chi connectivity index (χ1) is 9.36. The molecule has 1 aromatic carbocycles. The molecule has 0 saturated heterocycles. The van der Waals surface area contributed by atoms with Crippen molar-refractivity contribution >= 4 is 11.3 Å². The van der Waals surface area contributed by atoms with Crippen LogP contribution in [0.25, 0.3) is 5.57 Å². The highest BCUT2D eigenvalue weighted by atomic mass is 16.5. The minimum Gasteiger partial charge on any atom is -0.493 e. The van der Waals surface area contributed by atoms with Crippen LogP contribution in [0.3, 0.4) is 0 Å². The highest BCUT2D eigenvalue weighted by molar-refractivity contribution is 5.84. The molecule has 0 atom stereocenters. The second kappa shape index (κ2) is 5.68. The van der Waals surface area contributed by atoms with Gasteiger partial charge in [0.15, 0.2) is 0 Å². The van der Waals surface area contributed by atoms with Crippen LogP contribution in [0.2, 0.25) is 0 Å². The SMILES string of the molecule is CCCC/C=C1\CNc2cc(OCC3CC3)ccc21. The second-order valence-electron chi connectivity index (χ2n) is 5.69. The lowest BCUT2D eigenvalue weighted by atomic mass is 10.1. The molecule has 1 heterocycles. The van der Waals surface area contributed by atoms with Gasteiger partial charge >= 0.3 is 0 Å². The lowest BCUT2D eigenvalue weighted by Crippen LogP contribution is -1.99. The van der Waals surface area contributed by atoms with E-state index in [9.17, 15) is 0 Å². The van der Waals surface area contributed by atoms with Crippen LogP contribution in [0.15, 0.2) is 24.3 Å². The third-order valence-electron chi connectivity index (χ3n) is 3.94. The normalized spacial score (nSPS) is 19.3. The summed E-state index contributed by atoms with van der Waals surface area (Å²) in [6.07, 6.45) is 8.79. The quantitative estimate of drug-likeness (QED) is 0.759. The molecule has 0 radical (unpaired) electrons. The molecule has 0 spiro atoms. The summed E-state index contributed by atoms with van der Waals surface area (Å²) < 4.78 is 5.83. The number of anilines is 1. The first-order valence-corrected chi connectivity index (χ1v) is 7.57. The van der Waals surface area contributed by atoms with Crippen LogP contribution in [0, 0.1) is 5.92 Å². The Kier molecular flexibility index (Phi) is 3.77. The maximum absolute atomic E-state index is 5.83. The summed E-state index contributed by atoms with van der Waals surface area (Å²) in [6, 6.07) is 6.47. The maximum atomic E-state index is 5.83. The molecule has 0 bridgehead atoms. The molecule has 2 nitrogen and oxygen atoms in total. The highest BCUT2D eigenvalue weighted by Gasteiger charge is 2.22. The molecule has 2 aliphatic rings. The van der Waals surface area contributed by atoms with Crippen LogP contribution in [0.4, 0.5) is 5.69 Å². The Labute approximate surface area is 115 Å². The third-order valence-corrected chi connectivity index (χ3v) is 3.94. The first-order valence-electron chi connectivity index (χ1n) is 7.57. The predicted octanol–water partition coefficient (Wildman–Crippen LogP) is 4.47. The molecule has 1 aliphatic carbocycles. The van der Waals surface area contributed by atoms with E-state index < -0.39 is 0 Å². The van der Waals surface area contributed by atoms with E-state index in [1.54, 1.807) is 0 Å². The molecular weight excluding hydrogens is 234 g/mol. The molecular formula is C17H23NO. The molecule has 1 aliphatic heterocycles. The molecule has 1 fully saturated rings. The Bertz CT molecular complexity index is 474. The summed E-state index contributed by atoms with van der Waals surface area (Å²) in [4.78, 5) is 0. The number of allylic oxidation sites excluding steroid dienone is 1. The van der Waals surface area contributed by atoms with Gasteiger partial charge in [0.2, 0.25) is 0 Å². The van der Waals surface area contributed by atoms with Crippen molar-refractivity contribution in [3.05, 3.63) is 29.8 Å². The predicted molar refractivity (Wildman–Crippen MR) is 80.7 cm³/mol. The molecule has 0 amide bonds. The van der Waals surface area contributed by atoms with Gasteiger partial charge in [-0.15, -0.1) is 0 Å². The van der Waals surface area contributed by atoms with Crippen molar-refractivity contribution in [2.45, 2.75) is 39.0 Å². The van der Waals surface area contributed by atoms with E-state index in [4.69, 9.17) is 4.74 Å². The maximum Gasteiger partial charge on any atom is 0.121 e. The zero-order chi connectivity index (χ0) is 13.1. The zero-order valence-electron chi connectivity index (χ0n) is 11.7. The molecule has 0 unspecified atom stereocenters. The van der Waals surface area contributed by atoms with Gasteiger partial charge in [0, 0.05) is 23.9 Å². The van der Waals surface area contributed by atoms with Gasteiger partial charge in [0.05, 0.1) is 6.61 Å². The van der Waals surface area contributed by atoms with Crippen molar-refractivity contribution in [2.24, 2.45) is 5.92 Å². The van der Waals surface area contributed by atoms with E-state index in [1.165, 1.54) is 48.9 Å². The second-order valence-corrected chi connectivity index (χ2v) is 5.69. The molecule has 3 rings (SSSR count). The molecule has 1 aromatic rings. The van der Waals surface area contributed by atoms with E-state index in [0.717, 1.165) is 24.8 Å².